The number of hydrogen-bond acceptors (Lipinski definition) is 2. The first-order valence-electron chi connectivity index (χ1n) is 4.83. The molecule has 0 aliphatic heterocycles. The van der Waals surface area contributed by atoms with Crippen LogP contribution >= 0.6 is 0 Å². The molecule has 0 aliphatic carbocycles. The summed E-state index contributed by atoms with van der Waals surface area (Å²) >= 11 is 0. The number of methoxy groups -OCH3 is 1. The molecule has 1 aromatic carbocycles. The molecule has 16 heavy (non-hydrogen) atoms. The van der Waals surface area contributed by atoms with Crippen LogP contribution in [0.5, 0.6) is 5.75 Å². The summed E-state index contributed by atoms with van der Waals surface area (Å²) in [7, 11) is 1.54. The van der Waals surface area contributed by atoms with Crippen molar-refractivity contribution in [3.8, 4) is 5.75 Å². The molecular formula is C11H14F3NO. The molecular weight excluding hydrogens is 219 g/mol. The van der Waals surface area contributed by atoms with E-state index in [1.165, 1.54) is 7.11 Å². The van der Waals surface area contributed by atoms with Gasteiger partial charge in [0.05, 0.1) is 13.7 Å². The summed E-state index contributed by atoms with van der Waals surface area (Å²) in [5.41, 5.74) is 1.73. The van der Waals surface area contributed by atoms with Gasteiger partial charge in [0.1, 0.15) is 5.75 Å². The highest BCUT2D eigenvalue weighted by Gasteiger charge is 2.25. The first-order chi connectivity index (χ1) is 7.42. The van der Waals surface area contributed by atoms with E-state index in [0.717, 1.165) is 11.1 Å². The molecule has 0 bridgehead atoms. The monoisotopic (exact) mass is 233 g/mol. The molecule has 0 amide bonds. The van der Waals surface area contributed by atoms with Gasteiger partial charge in [0.25, 0.3) is 0 Å². The van der Waals surface area contributed by atoms with Crippen molar-refractivity contribution < 1.29 is 17.9 Å². The van der Waals surface area contributed by atoms with Crippen molar-refractivity contribution in [1.82, 2.24) is 5.32 Å². The van der Waals surface area contributed by atoms with Crippen LogP contribution in [-0.4, -0.2) is 19.8 Å². The van der Waals surface area contributed by atoms with Crippen LogP contribution in [-0.2, 0) is 6.54 Å². The second kappa shape index (κ2) is 5.21. The smallest absolute Gasteiger partial charge is 0.401 e. The Hall–Kier alpha value is -1.23. The zero-order valence-corrected chi connectivity index (χ0v) is 9.19. The minimum atomic E-state index is -4.17. The molecule has 0 aromatic heterocycles. The van der Waals surface area contributed by atoms with Crippen molar-refractivity contribution in [1.29, 1.82) is 0 Å². The highest BCUT2D eigenvalue weighted by Crippen LogP contribution is 2.19. The minimum absolute atomic E-state index is 0.177. The minimum Gasteiger partial charge on any atom is -0.496 e. The fourth-order valence-corrected chi connectivity index (χ4v) is 1.32. The first kappa shape index (κ1) is 12.8. The highest BCUT2D eigenvalue weighted by atomic mass is 19.4. The topological polar surface area (TPSA) is 21.3 Å². The fraction of sp³-hybridized carbons (Fsp3) is 0.455. The summed E-state index contributed by atoms with van der Waals surface area (Å²) in [5, 5.41) is 2.33. The quantitative estimate of drug-likeness (QED) is 0.863. The molecule has 0 saturated carbocycles. The summed E-state index contributed by atoms with van der Waals surface area (Å²) in [4.78, 5) is 0. The Kier molecular flexibility index (Phi) is 4.18. The highest BCUT2D eigenvalue weighted by molar-refractivity contribution is 5.36. The molecule has 0 heterocycles. The van der Waals surface area contributed by atoms with Gasteiger partial charge in [0, 0.05) is 6.54 Å². The summed E-state index contributed by atoms with van der Waals surface area (Å²) in [6, 6.07) is 5.34. The Morgan fingerprint density at radius 1 is 1.31 bits per heavy atom. The van der Waals surface area contributed by atoms with Crippen LogP contribution in [0.3, 0.4) is 0 Å². The van der Waals surface area contributed by atoms with E-state index in [0.29, 0.717) is 5.75 Å². The average Bonchev–Trinajstić information content (AvgIpc) is 2.18. The van der Waals surface area contributed by atoms with Crippen molar-refractivity contribution in [3.63, 3.8) is 0 Å². The largest absolute Gasteiger partial charge is 0.496 e. The Morgan fingerprint density at radius 2 is 2.00 bits per heavy atom. The lowest BCUT2D eigenvalue weighted by atomic mass is 10.1. The number of aryl methyl sites for hydroxylation is 1. The number of ether oxygens (including phenoxy) is 1. The Balaban J connectivity index is 2.55. The zero-order chi connectivity index (χ0) is 12.2. The van der Waals surface area contributed by atoms with Gasteiger partial charge in [-0.2, -0.15) is 13.2 Å². The lowest BCUT2D eigenvalue weighted by Crippen LogP contribution is -2.28. The maximum atomic E-state index is 11.9. The molecule has 0 unspecified atom stereocenters. The van der Waals surface area contributed by atoms with Crippen LogP contribution in [0.4, 0.5) is 13.2 Å². The van der Waals surface area contributed by atoms with E-state index in [1.54, 1.807) is 12.1 Å². The van der Waals surface area contributed by atoms with Crippen LogP contribution in [0.25, 0.3) is 0 Å². The van der Waals surface area contributed by atoms with Crippen LogP contribution in [0.1, 0.15) is 11.1 Å². The number of benzene rings is 1. The average molecular weight is 233 g/mol. The number of halogens is 3. The van der Waals surface area contributed by atoms with Gasteiger partial charge >= 0.3 is 6.18 Å². The van der Waals surface area contributed by atoms with Crippen molar-refractivity contribution in [2.24, 2.45) is 0 Å². The summed E-state index contributed by atoms with van der Waals surface area (Å²) < 4.78 is 40.7. The van der Waals surface area contributed by atoms with E-state index in [9.17, 15) is 13.2 Å². The molecule has 0 aliphatic rings. The molecule has 90 valence electrons. The Morgan fingerprint density at radius 3 is 2.56 bits per heavy atom. The van der Waals surface area contributed by atoms with Gasteiger partial charge in [0.15, 0.2) is 0 Å². The fourth-order valence-electron chi connectivity index (χ4n) is 1.32. The molecule has 0 saturated heterocycles. The Bertz CT molecular complexity index is 350. The van der Waals surface area contributed by atoms with Gasteiger partial charge in [0.2, 0.25) is 0 Å². The van der Waals surface area contributed by atoms with E-state index in [-0.39, 0.29) is 6.54 Å². The predicted molar refractivity (Wildman–Crippen MR) is 55.5 cm³/mol. The maximum Gasteiger partial charge on any atom is 0.401 e. The molecule has 1 aromatic rings. The van der Waals surface area contributed by atoms with Crippen molar-refractivity contribution >= 4 is 0 Å². The zero-order valence-electron chi connectivity index (χ0n) is 9.19. The van der Waals surface area contributed by atoms with E-state index in [4.69, 9.17) is 4.74 Å². The predicted octanol–water partition coefficient (Wildman–Crippen LogP) is 2.66. The number of nitrogens with one attached hydrogen (secondary N) is 1. The van der Waals surface area contributed by atoms with Crippen molar-refractivity contribution in [2.75, 3.05) is 13.7 Å². The standard InChI is InChI=1S/C11H14F3NO/c1-8-3-4-9(5-10(8)16-2)6-15-7-11(12,13)14/h3-5,15H,6-7H2,1-2H3. The number of alkyl halides is 3. The van der Waals surface area contributed by atoms with Gasteiger partial charge in [-0.1, -0.05) is 12.1 Å². The molecule has 2 nitrogen and oxygen atoms in total. The number of hydrogen-bond donors (Lipinski definition) is 1. The van der Waals surface area contributed by atoms with Gasteiger partial charge < -0.3 is 10.1 Å². The van der Waals surface area contributed by atoms with Crippen molar-refractivity contribution in [3.05, 3.63) is 29.3 Å². The lowest BCUT2D eigenvalue weighted by molar-refractivity contribution is -0.125. The maximum absolute atomic E-state index is 11.9. The van der Waals surface area contributed by atoms with E-state index < -0.39 is 12.7 Å². The third kappa shape index (κ3) is 4.10. The Labute approximate surface area is 92.4 Å². The summed E-state index contributed by atoms with van der Waals surface area (Å²) in [6.45, 7) is 1.07. The van der Waals surface area contributed by atoms with Crippen LogP contribution in [0, 0.1) is 6.92 Å². The van der Waals surface area contributed by atoms with Gasteiger partial charge in [-0.3, -0.25) is 0 Å². The van der Waals surface area contributed by atoms with E-state index in [1.807, 2.05) is 13.0 Å². The lowest BCUT2D eigenvalue weighted by Gasteiger charge is -2.10. The SMILES string of the molecule is COc1cc(CNCC(F)(F)F)ccc1C. The second-order valence-corrected chi connectivity index (χ2v) is 3.52. The van der Waals surface area contributed by atoms with Crippen LogP contribution in [0.15, 0.2) is 18.2 Å². The molecule has 0 spiro atoms. The van der Waals surface area contributed by atoms with Gasteiger partial charge in [-0.05, 0) is 24.1 Å². The second-order valence-electron chi connectivity index (χ2n) is 3.52. The van der Waals surface area contributed by atoms with E-state index in [2.05, 4.69) is 5.32 Å². The third-order valence-corrected chi connectivity index (χ3v) is 2.13. The third-order valence-electron chi connectivity index (χ3n) is 2.13. The van der Waals surface area contributed by atoms with Crippen LogP contribution < -0.4 is 10.1 Å². The summed E-state index contributed by atoms with van der Waals surface area (Å²) in [6.07, 6.45) is -4.17. The van der Waals surface area contributed by atoms with Crippen LogP contribution in [0.2, 0.25) is 0 Å². The van der Waals surface area contributed by atoms with E-state index >= 15 is 0 Å². The molecule has 5 heteroatoms. The molecule has 0 radical (unpaired) electrons. The van der Waals surface area contributed by atoms with Gasteiger partial charge in [-0.25, -0.2) is 0 Å². The summed E-state index contributed by atoms with van der Waals surface area (Å²) in [5.74, 6) is 0.686. The molecule has 0 fully saturated rings. The van der Waals surface area contributed by atoms with Gasteiger partial charge in [-0.15, -0.1) is 0 Å². The molecule has 1 rings (SSSR count). The normalized spacial score (nSPS) is 11.6. The number of rotatable bonds is 4. The molecule has 0 atom stereocenters. The first-order valence-corrected chi connectivity index (χ1v) is 4.83. The van der Waals surface area contributed by atoms with Crippen molar-refractivity contribution in [2.45, 2.75) is 19.6 Å². The molecule has 1 N–H and O–H groups in total.